The van der Waals surface area contributed by atoms with Gasteiger partial charge in [-0.15, -0.1) is 0 Å². The molecule has 0 N–H and O–H groups in total. The Kier molecular flexibility index (Phi) is 2.21. The molecule has 1 saturated carbocycles. The van der Waals surface area contributed by atoms with Gasteiger partial charge >= 0.3 is 0 Å². The number of nitrogens with zero attached hydrogens (tertiary/aromatic N) is 3. The molecular weight excluding hydrogens is 224 g/mol. The predicted octanol–water partition coefficient (Wildman–Crippen LogP) is 2.46. The average Bonchev–Trinajstić information content (AvgIpc) is 2.76. The SMILES string of the molecule is FC1(F)CC1Cc1ccn(-c2cccnc2)n1. The first-order valence-corrected chi connectivity index (χ1v) is 5.48. The van der Waals surface area contributed by atoms with Gasteiger partial charge in [0.2, 0.25) is 0 Å². The Morgan fingerprint density at radius 2 is 2.24 bits per heavy atom. The van der Waals surface area contributed by atoms with Crippen molar-refractivity contribution in [3.63, 3.8) is 0 Å². The van der Waals surface area contributed by atoms with Crippen LogP contribution in [0.5, 0.6) is 0 Å². The van der Waals surface area contributed by atoms with E-state index >= 15 is 0 Å². The smallest absolute Gasteiger partial charge is 0.252 e. The van der Waals surface area contributed by atoms with E-state index in [-0.39, 0.29) is 6.42 Å². The van der Waals surface area contributed by atoms with Crippen LogP contribution < -0.4 is 0 Å². The Bertz CT molecular complexity index is 522. The second-order valence-electron chi connectivity index (χ2n) is 4.33. The monoisotopic (exact) mass is 235 g/mol. The van der Waals surface area contributed by atoms with Crippen LogP contribution in [0.15, 0.2) is 36.8 Å². The highest BCUT2D eigenvalue weighted by atomic mass is 19.3. The van der Waals surface area contributed by atoms with Crippen molar-refractivity contribution in [2.75, 3.05) is 0 Å². The fourth-order valence-electron chi connectivity index (χ4n) is 1.85. The number of halogens is 2. The lowest BCUT2D eigenvalue weighted by atomic mass is 10.2. The summed E-state index contributed by atoms with van der Waals surface area (Å²) in [7, 11) is 0. The highest BCUT2D eigenvalue weighted by Crippen LogP contribution is 2.50. The minimum atomic E-state index is -2.47. The first-order chi connectivity index (χ1) is 8.15. The molecule has 1 unspecified atom stereocenters. The maximum absolute atomic E-state index is 12.8. The largest absolute Gasteiger partial charge is 0.262 e. The van der Waals surface area contributed by atoms with Crippen molar-refractivity contribution in [2.24, 2.45) is 5.92 Å². The molecular formula is C12H11F2N3. The number of rotatable bonds is 3. The molecule has 17 heavy (non-hydrogen) atoms. The normalized spacial score (nSPS) is 21.4. The highest BCUT2D eigenvalue weighted by molar-refractivity contribution is 5.27. The van der Waals surface area contributed by atoms with Crippen molar-refractivity contribution in [3.8, 4) is 5.69 Å². The van der Waals surface area contributed by atoms with Crippen LogP contribution in [-0.2, 0) is 6.42 Å². The lowest BCUT2D eigenvalue weighted by molar-refractivity contribution is 0.0987. The van der Waals surface area contributed by atoms with E-state index in [1.54, 1.807) is 29.3 Å². The van der Waals surface area contributed by atoms with E-state index in [1.165, 1.54) is 0 Å². The third kappa shape index (κ3) is 2.05. The van der Waals surface area contributed by atoms with Gasteiger partial charge in [-0.2, -0.15) is 5.10 Å². The molecule has 5 heteroatoms. The summed E-state index contributed by atoms with van der Waals surface area (Å²) >= 11 is 0. The molecule has 3 nitrogen and oxygen atoms in total. The zero-order chi connectivity index (χ0) is 11.9. The summed E-state index contributed by atoms with van der Waals surface area (Å²) in [6.45, 7) is 0. The van der Waals surface area contributed by atoms with Crippen LogP contribution in [0, 0.1) is 5.92 Å². The average molecular weight is 235 g/mol. The van der Waals surface area contributed by atoms with Crippen molar-refractivity contribution in [1.29, 1.82) is 0 Å². The summed E-state index contributed by atoms with van der Waals surface area (Å²) in [6.07, 6.45) is 5.47. The van der Waals surface area contributed by atoms with Crippen LogP contribution in [0.4, 0.5) is 8.78 Å². The molecule has 2 aromatic rings. The van der Waals surface area contributed by atoms with E-state index in [1.807, 2.05) is 12.1 Å². The second-order valence-corrected chi connectivity index (χ2v) is 4.33. The van der Waals surface area contributed by atoms with Gasteiger partial charge < -0.3 is 0 Å². The maximum Gasteiger partial charge on any atom is 0.252 e. The van der Waals surface area contributed by atoms with Gasteiger partial charge in [-0.25, -0.2) is 13.5 Å². The topological polar surface area (TPSA) is 30.7 Å². The van der Waals surface area contributed by atoms with Crippen molar-refractivity contribution in [1.82, 2.24) is 14.8 Å². The summed E-state index contributed by atoms with van der Waals surface area (Å²) in [6, 6.07) is 5.46. The minimum absolute atomic E-state index is 0.00719. The van der Waals surface area contributed by atoms with Gasteiger partial charge in [0.25, 0.3) is 5.92 Å². The molecule has 1 aliphatic carbocycles. The quantitative estimate of drug-likeness (QED) is 0.818. The third-order valence-electron chi connectivity index (χ3n) is 2.97. The summed E-state index contributed by atoms with van der Waals surface area (Å²) in [4.78, 5) is 3.99. The zero-order valence-electron chi connectivity index (χ0n) is 9.05. The maximum atomic E-state index is 12.8. The van der Waals surface area contributed by atoms with Crippen molar-refractivity contribution in [3.05, 3.63) is 42.5 Å². The molecule has 0 radical (unpaired) electrons. The lowest BCUT2D eigenvalue weighted by Gasteiger charge is -1.99. The summed E-state index contributed by atoms with van der Waals surface area (Å²) in [5.74, 6) is -3.00. The fraction of sp³-hybridized carbons (Fsp3) is 0.333. The van der Waals surface area contributed by atoms with Gasteiger partial charge in [0.15, 0.2) is 0 Å². The van der Waals surface area contributed by atoms with Gasteiger partial charge in [-0.3, -0.25) is 4.98 Å². The van der Waals surface area contributed by atoms with Crippen LogP contribution in [0.2, 0.25) is 0 Å². The van der Waals surface area contributed by atoms with Crippen molar-refractivity contribution < 1.29 is 8.78 Å². The lowest BCUT2D eigenvalue weighted by Crippen LogP contribution is -2.00. The molecule has 0 aromatic carbocycles. The summed E-state index contributed by atoms with van der Waals surface area (Å²) in [5, 5.41) is 4.27. The molecule has 0 bridgehead atoms. The van der Waals surface area contributed by atoms with E-state index in [0.29, 0.717) is 12.1 Å². The fourth-order valence-corrected chi connectivity index (χ4v) is 1.85. The van der Waals surface area contributed by atoms with Crippen LogP contribution in [-0.4, -0.2) is 20.7 Å². The molecule has 0 saturated heterocycles. The van der Waals surface area contributed by atoms with Crippen molar-refractivity contribution in [2.45, 2.75) is 18.8 Å². The number of alkyl halides is 2. The molecule has 1 atom stereocenters. The Balaban J connectivity index is 1.75. The van der Waals surface area contributed by atoms with E-state index in [9.17, 15) is 8.78 Å². The van der Waals surface area contributed by atoms with Gasteiger partial charge in [-0.05, 0) is 18.2 Å². The van der Waals surface area contributed by atoms with Gasteiger partial charge in [0, 0.05) is 31.2 Å². The third-order valence-corrected chi connectivity index (χ3v) is 2.97. The molecule has 0 spiro atoms. The first-order valence-electron chi connectivity index (χ1n) is 5.48. The molecule has 2 aromatic heterocycles. The Hall–Kier alpha value is -1.78. The number of pyridine rings is 1. The molecule has 88 valence electrons. The zero-order valence-corrected chi connectivity index (χ0v) is 9.05. The molecule has 1 aliphatic rings. The van der Waals surface area contributed by atoms with Gasteiger partial charge in [0.05, 0.1) is 17.6 Å². The van der Waals surface area contributed by atoms with Crippen LogP contribution in [0.25, 0.3) is 5.69 Å². The predicted molar refractivity (Wildman–Crippen MR) is 58.1 cm³/mol. The van der Waals surface area contributed by atoms with Crippen LogP contribution >= 0.6 is 0 Å². The standard InChI is InChI=1S/C12H11F2N3/c13-12(14)7-9(12)6-10-3-5-17(16-10)11-2-1-4-15-8-11/h1-5,8-9H,6-7H2. The second kappa shape index (κ2) is 3.61. The minimum Gasteiger partial charge on any atom is -0.262 e. The Morgan fingerprint density at radius 3 is 2.88 bits per heavy atom. The first kappa shape index (κ1) is 10.4. The van der Waals surface area contributed by atoms with Gasteiger partial charge in [0.1, 0.15) is 0 Å². The van der Waals surface area contributed by atoms with E-state index < -0.39 is 11.8 Å². The summed E-state index contributed by atoms with van der Waals surface area (Å²) in [5.41, 5.74) is 1.54. The number of aromatic nitrogens is 3. The number of hydrogen-bond acceptors (Lipinski definition) is 2. The summed E-state index contributed by atoms with van der Waals surface area (Å²) < 4.78 is 27.2. The molecule has 1 fully saturated rings. The Labute approximate surface area is 97.1 Å². The molecule has 0 amide bonds. The Morgan fingerprint density at radius 1 is 1.41 bits per heavy atom. The van der Waals surface area contributed by atoms with Crippen LogP contribution in [0.1, 0.15) is 12.1 Å². The van der Waals surface area contributed by atoms with Crippen molar-refractivity contribution >= 4 is 0 Å². The molecule has 2 heterocycles. The van der Waals surface area contributed by atoms with E-state index in [4.69, 9.17) is 0 Å². The number of hydrogen-bond donors (Lipinski definition) is 0. The van der Waals surface area contributed by atoms with E-state index in [0.717, 1.165) is 5.69 Å². The van der Waals surface area contributed by atoms with E-state index in [2.05, 4.69) is 10.1 Å². The molecule has 0 aliphatic heterocycles. The highest BCUT2D eigenvalue weighted by Gasteiger charge is 2.56. The van der Waals surface area contributed by atoms with Crippen LogP contribution in [0.3, 0.4) is 0 Å². The molecule has 3 rings (SSSR count). The van der Waals surface area contributed by atoms with Gasteiger partial charge in [-0.1, -0.05) is 0 Å².